The summed E-state index contributed by atoms with van der Waals surface area (Å²) in [6, 6.07) is 14.8. The zero-order valence-corrected chi connectivity index (χ0v) is 18.9. The van der Waals surface area contributed by atoms with E-state index in [1.54, 1.807) is 0 Å². The number of aryl methyl sites for hydroxylation is 2. The third-order valence-electron chi connectivity index (χ3n) is 5.27. The standard InChI is InChI=1S/C22H28N4.C2H2O4/c1-5-26(6-2)14-13-23-22-20-10-8-7-9-19(20)21(24-25-22)18-12-11-16(3)17(4)15-18;3-1(4)2(5)6/h7-12,15H,5-6,13-14H2,1-4H3,(H,23,25);(H,3,4)(H,5,6). The Morgan fingerprint density at radius 2 is 1.53 bits per heavy atom. The number of carboxylic acid groups (broad SMARTS) is 2. The van der Waals surface area contributed by atoms with Crippen molar-refractivity contribution < 1.29 is 19.8 Å². The molecule has 0 aliphatic carbocycles. The number of hydrogen-bond acceptors (Lipinski definition) is 6. The summed E-state index contributed by atoms with van der Waals surface area (Å²) < 4.78 is 0. The molecule has 170 valence electrons. The largest absolute Gasteiger partial charge is 0.473 e. The number of benzene rings is 2. The van der Waals surface area contributed by atoms with Crippen LogP contribution in [0.4, 0.5) is 5.82 Å². The van der Waals surface area contributed by atoms with Gasteiger partial charge in [0.25, 0.3) is 0 Å². The van der Waals surface area contributed by atoms with Crippen molar-refractivity contribution in [3.05, 3.63) is 53.6 Å². The van der Waals surface area contributed by atoms with Crippen LogP contribution in [0.1, 0.15) is 25.0 Å². The number of nitrogens with one attached hydrogen (secondary N) is 1. The molecule has 3 rings (SSSR count). The van der Waals surface area contributed by atoms with Crippen molar-refractivity contribution in [1.29, 1.82) is 0 Å². The predicted octanol–water partition coefficient (Wildman–Crippen LogP) is 3.82. The van der Waals surface area contributed by atoms with E-state index in [0.29, 0.717) is 0 Å². The number of carbonyl (C=O) groups is 2. The molecule has 0 atom stereocenters. The zero-order chi connectivity index (χ0) is 23.7. The number of nitrogens with zero attached hydrogens (tertiary/aromatic N) is 3. The third kappa shape index (κ3) is 6.49. The Kier molecular flexibility index (Phi) is 9.09. The van der Waals surface area contributed by atoms with Crippen LogP contribution in [0.3, 0.4) is 0 Å². The van der Waals surface area contributed by atoms with Crippen LogP contribution in [0, 0.1) is 13.8 Å². The van der Waals surface area contributed by atoms with Crippen LogP contribution in [0.2, 0.25) is 0 Å². The lowest BCUT2D eigenvalue weighted by Crippen LogP contribution is -2.28. The molecule has 0 amide bonds. The van der Waals surface area contributed by atoms with Gasteiger partial charge in [0.15, 0.2) is 5.82 Å². The molecular weight excluding hydrogens is 408 g/mol. The molecule has 32 heavy (non-hydrogen) atoms. The second-order valence-corrected chi connectivity index (χ2v) is 7.31. The van der Waals surface area contributed by atoms with Crippen LogP contribution in [-0.4, -0.2) is 63.4 Å². The number of rotatable bonds is 7. The first kappa shape index (κ1) is 24.7. The van der Waals surface area contributed by atoms with E-state index in [2.05, 4.69) is 90.6 Å². The second kappa shape index (κ2) is 11.8. The van der Waals surface area contributed by atoms with Gasteiger partial charge in [-0.2, -0.15) is 0 Å². The molecule has 0 bridgehead atoms. The average Bonchev–Trinajstić information content (AvgIpc) is 2.79. The van der Waals surface area contributed by atoms with Crippen molar-refractivity contribution in [2.75, 3.05) is 31.5 Å². The van der Waals surface area contributed by atoms with Crippen LogP contribution >= 0.6 is 0 Å². The molecule has 1 aromatic heterocycles. The van der Waals surface area contributed by atoms with Gasteiger partial charge in [-0.15, -0.1) is 10.2 Å². The fourth-order valence-electron chi connectivity index (χ4n) is 3.21. The Balaban J connectivity index is 0.000000534. The van der Waals surface area contributed by atoms with Crippen LogP contribution in [0.15, 0.2) is 42.5 Å². The summed E-state index contributed by atoms with van der Waals surface area (Å²) in [6.07, 6.45) is 0. The van der Waals surface area contributed by atoms with Crippen molar-refractivity contribution in [1.82, 2.24) is 15.1 Å². The minimum Gasteiger partial charge on any atom is -0.473 e. The fraction of sp³-hybridized carbons (Fsp3) is 0.333. The number of likely N-dealkylation sites (N-methyl/N-ethyl adjacent to an activating group) is 1. The molecule has 0 unspecified atom stereocenters. The summed E-state index contributed by atoms with van der Waals surface area (Å²) in [5.41, 5.74) is 4.62. The van der Waals surface area contributed by atoms with Crippen molar-refractivity contribution in [2.45, 2.75) is 27.7 Å². The van der Waals surface area contributed by atoms with Gasteiger partial charge in [0.2, 0.25) is 0 Å². The molecule has 0 spiro atoms. The number of carboxylic acids is 2. The van der Waals surface area contributed by atoms with Crippen LogP contribution < -0.4 is 5.32 Å². The highest BCUT2D eigenvalue weighted by molar-refractivity contribution is 6.27. The fourth-order valence-corrected chi connectivity index (χ4v) is 3.21. The quantitative estimate of drug-likeness (QED) is 0.477. The first-order valence-electron chi connectivity index (χ1n) is 10.5. The second-order valence-electron chi connectivity index (χ2n) is 7.31. The SMILES string of the molecule is CCN(CC)CCNc1nnc(-c2ccc(C)c(C)c2)c2ccccc12.O=C(O)C(=O)O. The molecule has 3 aromatic rings. The van der Waals surface area contributed by atoms with Gasteiger partial charge in [0, 0.05) is 29.4 Å². The number of anilines is 1. The van der Waals surface area contributed by atoms with E-state index >= 15 is 0 Å². The van der Waals surface area contributed by atoms with E-state index in [-0.39, 0.29) is 0 Å². The Hall–Kier alpha value is -3.52. The highest BCUT2D eigenvalue weighted by Gasteiger charge is 2.11. The molecule has 0 saturated heterocycles. The van der Waals surface area contributed by atoms with E-state index in [1.165, 1.54) is 11.1 Å². The molecule has 0 fully saturated rings. The molecule has 0 aliphatic heterocycles. The Labute approximate surface area is 187 Å². The molecule has 8 nitrogen and oxygen atoms in total. The van der Waals surface area contributed by atoms with Crippen molar-refractivity contribution >= 4 is 28.5 Å². The zero-order valence-electron chi connectivity index (χ0n) is 18.9. The van der Waals surface area contributed by atoms with Gasteiger partial charge in [0.05, 0.1) is 0 Å². The maximum atomic E-state index is 9.10. The summed E-state index contributed by atoms with van der Waals surface area (Å²) in [7, 11) is 0. The minimum absolute atomic E-state index is 0.861. The summed E-state index contributed by atoms with van der Waals surface area (Å²) in [4.78, 5) is 20.6. The predicted molar refractivity (Wildman–Crippen MR) is 126 cm³/mol. The van der Waals surface area contributed by atoms with Crippen LogP contribution in [0.25, 0.3) is 22.0 Å². The maximum absolute atomic E-state index is 9.10. The van der Waals surface area contributed by atoms with E-state index in [9.17, 15) is 0 Å². The van der Waals surface area contributed by atoms with E-state index in [0.717, 1.165) is 54.0 Å². The molecular formula is C24H30N4O4. The first-order chi connectivity index (χ1) is 15.3. The summed E-state index contributed by atoms with van der Waals surface area (Å²) >= 11 is 0. The molecule has 8 heteroatoms. The molecule has 0 aliphatic rings. The van der Waals surface area contributed by atoms with Gasteiger partial charge in [0.1, 0.15) is 5.69 Å². The smallest absolute Gasteiger partial charge is 0.414 e. The van der Waals surface area contributed by atoms with Crippen molar-refractivity contribution in [3.63, 3.8) is 0 Å². The maximum Gasteiger partial charge on any atom is 0.414 e. The molecule has 0 saturated carbocycles. The summed E-state index contributed by atoms with van der Waals surface area (Å²) in [5.74, 6) is -2.79. The molecule has 0 radical (unpaired) electrons. The van der Waals surface area contributed by atoms with Gasteiger partial charge >= 0.3 is 11.9 Å². The van der Waals surface area contributed by atoms with E-state index < -0.39 is 11.9 Å². The van der Waals surface area contributed by atoms with Gasteiger partial charge in [-0.1, -0.05) is 50.2 Å². The van der Waals surface area contributed by atoms with Gasteiger partial charge in [-0.3, -0.25) is 0 Å². The highest BCUT2D eigenvalue weighted by Crippen LogP contribution is 2.30. The Morgan fingerprint density at radius 3 is 2.09 bits per heavy atom. The normalized spacial score (nSPS) is 10.5. The average molecular weight is 439 g/mol. The number of hydrogen-bond donors (Lipinski definition) is 3. The molecule has 3 N–H and O–H groups in total. The minimum atomic E-state index is -1.82. The number of aromatic nitrogens is 2. The third-order valence-corrected chi connectivity index (χ3v) is 5.27. The summed E-state index contributed by atoms with van der Waals surface area (Å²) in [5, 5.41) is 29.6. The number of fused-ring (bicyclic) bond motifs is 1. The van der Waals surface area contributed by atoms with Gasteiger partial charge in [-0.25, -0.2) is 9.59 Å². The Morgan fingerprint density at radius 1 is 0.906 bits per heavy atom. The first-order valence-corrected chi connectivity index (χ1v) is 10.5. The van der Waals surface area contributed by atoms with Gasteiger partial charge in [-0.05, 0) is 44.1 Å². The lowest BCUT2D eigenvalue weighted by atomic mass is 10.0. The molecule has 2 aromatic carbocycles. The van der Waals surface area contributed by atoms with Crippen LogP contribution in [0.5, 0.6) is 0 Å². The Bertz CT molecular complexity index is 1070. The van der Waals surface area contributed by atoms with Crippen LogP contribution in [-0.2, 0) is 9.59 Å². The van der Waals surface area contributed by atoms with Gasteiger partial charge < -0.3 is 20.4 Å². The lowest BCUT2D eigenvalue weighted by molar-refractivity contribution is -0.159. The number of aliphatic carboxylic acids is 2. The summed E-state index contributed by atoms with van der Waals surface area (Å²) in [6.45, 7) is 12.6. The van der Waals surface area contributed by atoms with Crippen molar-refractivity contribution in [2.24, 2.45) is 0 Å². The highest BCUT2D eigenvalue weighted by atomic mass is 16.4. The lowest BCUT2D eigenvalue weighted by Gasteiger charge is -2.18. The monoisotopic (exact) mass is 438 g/mol. The van der Waals surface area contributed by atoms with E-state index in [1.807, 2.05) is 0 Å². The topological polar surface area (TPSA) is 116 Å². The van der Waals surface area contributed by atoms with Crippen molar-refractivity contribution in [3.8, 4) is 11.3 Å². The molecule has 1 heterocycles. The van der Waals surface area contributed by atoms with E-state index in [4.69, 9.17) is 19.8 Å².